The van der Waals surface area contributed by atoms with Gasteiger partial charge in [-0.2, -0.15) is 5.26 Å². The summed E-state index contributed by atoms with van der Waals surface area (Å²) in [6.07, 6.45) is 1.74. The van der Waals surface area contributed by atoms with E-state index in [9.17, 15) is 5.26 Å². The average molecular weight is 445 g/mol. The minimum atomic E-state index is 0.433. The van der Waals surface area contributed by atoms with Crippen LogP contribution in [-0.4, -0.2) is 18.2 Å². The zero-order chi connectivity index (χ0) is 20.8. The Balaban J connectivity index is 1.96. The van der Waals surface area contributed by atoms with Crippen LogP contribution < -0.4 is 9.47 Å². The van der Waals surface area contributed by atoms with Gasteiger partial charge in [-0.15, -0.1) is 11.3 Å². The van der Waals surface area contributed by atoms with Crippen LogP contribution in [-0.2, 0) is 0 Å². The molecule has 148 valence electrons. The second-order valence-electron chi connectivity index (χ2n) is 5.91. The number of hydrogen-bond donors (Lipinski definition) is 0. The molecular formula is C22H18Cl2N2O2S. The van der Waals surface area contributed by atoms with Crippen LogP contribution in [0.3, 0.4) is 0 Å². The summed E-state index contributed by atoms with van der Waals surface area (Å²) in [6, 6.07) is 13.2. The SMILES string of the molecule is CCOc1cc(/C=C(/C#N)c2nc(-c3ccc(Cl)cc3)cs2)cc(Cl)c1OCC. The number of nitrogens with zero attached hydrogens (tertiary/aromatic N) is 2. The highest BCUT2D eigenvalue weighted by atomic mass is 35.5. The maximum absolute atomic E-state index is 9.68. The van der Waals surface area contributed by atoms with Gasteiger partial charge in [0, 0.05) is 16.0 Å². The monoisotopic (exact) mass is 444 g/mol. The van der Waals surface area contributed by atoms with E-state index in [0.29, 0.717) is 45.3 Å². The van der Waals surface area contributed by atoms with Gasteiger partial charge in [0.2, 0.25) is 0 Å². The van der Waals surface area contributed by atoms with E-state index < -0.39 is 0 Å². The lowest BCUT2D eigenvalue weighted by Gasteiger charge is -2.13. The second kappa shape index (κ2) is 9.80. The number of ether oxygens (including phenoxy) is 2. The molecule has 0 N–H and O–H groups in total. The Labute approximate surface area is 183 Å². The summed E-state index contributed by atoms with van der Waals surface area (Å²) >= 11 is 13.7. The van der Waals surface area contributed by atoms with Gasteiger partial charge in [-0.3, -0.25) is 0 Å². The van der Waals surface area contributed by atoms with Crippen LogP contribution in [0.5, 0.6) is 11.5 Å². The molecule has 1 aromatic heterocycles. The summed E-state index contributed by atoms with van der Waals surface area (Å²) in [7, 11) is 0. The number of nitriles is 1. The number of benzene rings is 2. The number of allylic oxidation sites excluding steroid dienone is 1. The largest absolute Gasteiger partial charge is 0.490 e. The van der Waals surface area contributed by atoms with Gasteiger partial charge in [0.15, 0.2) is 11.5 Å². The lowest BCUT2D eigenvalue weighted by molar-refractivity contribution is 0.288. The van der Waals surface area contributed by atoms with Crippen molar-refractivity contribution in [2.45, 2.75) is 13.8 Å². The van der Waals surface area contributed by atoms with Crippen molar-refractivity contribution in [1.29, 1.82) is 5.26 Å². The van der Waals surface area contributed by atoms with Crippen molar-refractivity contribution in [1.82, 2.24) is 4.98 Å². The fourth-order valence-corrected chi connectivity index (χ4v) is 3.87. The van der Waals surface area contributed by atoms with Gasteiger partial charge in [-0.25, -0.2) is 4.98 Å². The van der Waals surface area contributed by atoms with Crippen molar-refractivity contribution in [3.05, 3.63) is 62.4 Å². The Hall–Kier alpha value is -2.52. The first-order chi connectivity index (χ1) is 14.0. The topological polar surface area (TPSA) is 55.1 Å². The molecule has 3 aromatic rings. The maximum Gasteiger partial charge on any atom is 0.179 e. The van der Waals surface area contributed by atoms with Gasteiger partial charge in [0.05, 0.1) is 29.5 Å². The number of rotatable bonds is 7. The fourth-order valence-electron chi connectivity index (χ4n) is 2.68. The molecule has 0 radical (unpaired) electrons. The lowest BCUT2D eigenvalue weighted by Crippen LogP contribution is -1.99. The summed E-state index contributed by atoms with van der Waals surface area (Å²) < 4.78 is 11.2. The second-order valence-corrected chi connectivity index (χ2v) is 7.61. The van der Waals surface area contributed by atoms with Gasteiger partial charge in [-0.05, 0) is 49.8 Å². The minimum absolute atomic E-state index is 0.433. The summed E-state index contributed by atoms with van der Waals surface area (Å²) in [4.78, 5) is 4.60. The van der Waals surface area contributed by atoms with Gasteiger partial charge in [0.1, 0.15) is 11.1 Å². The molecule has 0 spiro atoms. The van der Waals surface area contributed by atoms with Crippen molar-refractivity contribution in [3.63, 3.8) is 0 Å². The molecule has 0 fully saturated rings. The summed E-state index contributed by atoms with van der Waals surface area (Å²) in [5, 5.41) is 13.3. The van der Waals surface area contributed by atoms with E-state index in [2.05, 4.69) is 11.1 Å². The standard InChI is InChI=1S/C22H18Cl2N2O2S/c1-3-27-20-11-14(10-18(24)21(20)28-4-2)9-16(12-25)22-26-19(13-29-22)15-5-7-17(23)8-6-15/h5-11,13H,3-4H2,1-2H3/b16-9-. The summed E-state index contributed by atoms with van der Waals surface area (Å²) in [5.74, 6) is 1.05. The highest BCUT2D eigenvalue weighted by Crippen LogP contribution is 2.38. The molecule has 29 heavy (non-hydrogen) atoms. The van der Waals surface area contributed by atoms with Crippen molar-refractivity contribution in [2.24, 2.45) is 0 Å². The molecule has 2 aromatic carbocycles. The third-order valence-corrected chi connectivity index (χ3v) is 5.33. The molecule has 0 atom stereocenters. The van der Waals surface area contributed by atoms with Gasteiger partial charge >= 0.3 is 0 Å². The fraction of sp³-hybridized carbons (Fsp3) is 0.182. The molecule has 1 heterocycles. The molecule has 0 aliphatic rings. The third kappa shape index (κ3) is 5.10. The summed E-state index contributed by atoms with van der Waals surface area (Å²) in [5.41, 5.74) is 2.92. The van der Waals surface area contributed by atoms with Gasteiger partial charge in [-0.1, -0.05) is 35.3 Å². The number of thiazole rings is 1. The molecule has 0 aliphatic heterocycles. The molecule has 0 aliphatic carbocycles. The highest BCUT2D eigenvalue weighted by molar-refractivity contribution is 7.11. The van der Waals surface area contributed by atoms with Crippen LogP contribution in [0.2, 0.25) is 10.0 Å². The zero-order valence-electron chi connectivity index (χ0n) is 15.9. The van der Waals surface area contributed by atoms with Crippen molar-refractivity contribution >= 4 is 46.2 Å². The smallest absolute Gasteiger partial charge is 0.179 e. The van der Waals surface area contributed by atoms with Crippen LogP contribution in [0, 0.1) is 11.3 Å². The Morgan fingerprint density at radius 1 is 1.14 bits per heavy atom. The Bertz CT molecular complexity index is 1070. The first-order valence-corrected chi connectivity index (χ1v) is 10.6. The highest BCUT2D eigenvalue weighted by Gasteiger charge is 2.14. The molecule has 0 amide bonds. The van der Waals surface area contributed by atoms with E-state index in [0.717, 1.165) is 16.8 Å². The van der Waals surface area contributed by atoms with Crippen LogP contribution >= 0.6 is 34.5 Å². The number of aromatic nitrogens is 1. The maximum atomic E-state index is 9.68. The van der Waals surface area contributed by atoms with E-state index in [4.69, 9.17) is 32.7 Å². The van der Waals surface area contributed by atoms with Crippen molar-refractivity contribution in [3.8, 4) is 28.8 Å². The van der Waals surface area contributed by atoms with Crippen LogP contribution in [0.25, 0.3) is 22.9 Å². The van der Waals surface area contributed by atoms with E-state index in [1.54, 1.807) is 12.1 Å². The third-order valence-electron chi connectivity index (χ3n) is 3.93. The Morgan fingerprint density at radius 2 is 1.86 bits per heavy atom. The lowest BCUT2D eigenvalue weighted by atomic mass is 10.1. The van der Waals surface area contributed by atoms with Crippen LogP contribution in [0.15, 0.2) is 41.8 Å². The Morgan fingerprint density at radius 3 is 2.52 bits per heavy atom. The molecule has 7 heteroatoms. The molecule has 0 saturated heterocycles. The molecule has 0 bridgehead atoms. The predicted octanol–water partition coefficient (Wildman–Crippen LogP) is 6.98. The molecule has 0 saturated carbocycles. The molecule has 3 rings (SSSR count). The average Bonchev–Trinajstić information content (AvgIpc) is 3.19. The van der Waals surface area contributed by atoms with Gasteiger partial charge in [0.25, 0.3) is 0 Å². The van der Waals surface area contributed by atoms with E-state index in [1.807, 2.05) is 49.6 Å². The quantitative estimate of drug-likeness (QED) is 0.368. The molecule has 4 nitrogen and oxygen atoms in total. The number of hydrogen-bond acceptors (Lipinski definition) is 5. The first kappa shape index (κ1) is 21.2. The predicted molar refractivity (Wildman–Crippen MR) is 120 cm³/mol. The number of halogens is 2. The van der Waals surface area contributed by atoms with Crippen molar-refractivity contribution < 1.29 is 9.47 Å². The normalized spacial score (nSPS) is 11.2. The van der Waals surface area contributed by atoms with Crippen LogP contribution in [0.1, 0.15) is 24.4 Å². The molecule has 0 unspecified atom stereocenters. The van der Waals surface area contributed by atoms with Gasteiger partial charge < -0.3 is 9.47 Å². The minimum Gasteiger partial charge on any atom is -0.490 e. The zero-order valence-corrected chi connectivity index (χ0v) is 18.2. The molecular weight excluding hydrogens is 427 g/mol. The van der Waals surface area contributed by atoms with E-state index in [1.165, 1.54) is 11.3 Å². The van der Waals surface area contributed by atoms with E-state index >= 15 is 0 Å². The first-order valence-electron chi connectivity index (χ1n) is 8.98. The summed E-state index contributed by atoms with van der Waals surface area (Å²) in [6.45, 7) is 4.73. The van der Waals surface area contributed by atoms with Crippen LogP contribution in [0.4, 0.5) is 0 Å². The van der Waals surface area contributed by atoms with E-state index in [-0.39, 0.29) is 0 Å². The Kier molecular flexibility index (Phi) is 7.16. The van der Waals surface area contributed by atoms with Crippen molar-refractivity contribution in [2.75, 3.05) is 13.2 Å².